The van der Waals surface area contributed by atoms with Crippen LogP contribution < -0.4 is 15.8 Å². The van der Waals surface area contributed by atoms with Crippen molar-refractivity contribution in [2.24, 2.45) is 5.73 Å². The Bertz CT molecular complexity index is 1050. The van der Waals surface area contributed by atoms with Crippen LogP contribution in [0, 0.1) is 0 Å². The average Bonchev–Trinajstić information content (AvgIpc) is 3.25. The molecule has 0 fully saturated rings. The van der Waals surface area contributed by atoms with Crippen LogP contribution in [0.5, 0.6) is 5.75 Å². The molecule has 7 heteroatoms. The molecule has 1 aromatic heterocycles. The van der Waals surface area contributed by atoms with Crippen molar-refractivity contribution in [1.29, 1.82) is 0 Å². The van der Waals surface area contributed by atoms with Gasteiger partial charge in [0.1, 0.15) is 18.1 Å². The third-order valence-corrected chi connectivity index (χ3v) is 6.63. The molecule has 0 aliphatic carbocycles. The molecule has 1 heterocycles. The van der Waals surface area contributed by atoms with Crippen molar-refractivity contribution in [2.45, 2.75) is 58.5 Å². The Labute approximate surface area is 199 Å². The second-order valence-electron chi connectivity index (χ2n) is 7.95. The van der Waals surface area contributed by atoms with Crippen molar-refractivity contribution in [3.8, 4) is 5.75 Å². The molecular weight excluding hydrogens is 434 g/mol. The SMILES string of the molecule is CCCCCC(CC)c1sc(NC(=O)c2ccc(OCc3ccccc3)cc2)nc1C(N)=O. The summed E-state index contributed by atoms with van der Waals surface area (Å²) in [7, 11) is 0. The molecule has 2 aromatic carbocycles. The highest BCUT2D eigenvalue weighted by Crippen LogP contribution is 2.35. The molecular formula is C26H31N3O3S. The van der Waals surface area contributed by atoms with Gasteiger partial charge in [-0.3, -0.25) is 14.9 Å². The highest BCUT2D eigenvalue weighted by atomic mass is 32.1. The maximum Gasteiger partial charge on any atom is 0.268 e. The lowest BCUT2D eigenvalue weighted by atomic mass is 9.96. The second kappa shape index (κ2) is 12.2. The number of ether oxygens (including phenoxy) is 1. The van der Waals surface area contributed by atoms with Crippen LogP contribution in [0.1, 0.15) is 83.2 Å². The minimum absolute atomic E-state index is 0.211. The van der Waals surface area contributed by atoms with E-state index in [1.54, 1.807) is 24.3 Å². The Hall–Kier alpha value is -3.19. The van der Waals surface area contributed by atoms with Gasteiger partial charge in [0.15, 0.2) is 5.13 Å². The van der Waals surface area contributed by atoms with E-state index in [2.05, 4.69) is 24.1 Å². The number of hydrogen-bond acceptors (Lipinski definition) is 5. The lowest BCUT2D eigenvalue weighted by molar-refractivity contribution is 0.0991. The Balaban J connectivity index is 1.66. The number of nitrogens with zero attached hydrogens (tertiary/aromatic N) is 1. The molecule has 0 saturated heterocycles. The second-order valence-corrected chi connectivity index (χ2v) is 8.98. The van der Waals surface area contributed by atoms with Gasteiger partial charge in [-0.05, 0) is 48.6 Å². The van der Waals surface area contributed by atoms with Crippen LogP contribution in [0.15, 0.2) is 54.6 Å². The molecule has 3 aromatic rings. The van der Waals surface area contributed by atoms with Crippen molar-refractivity contribution in [3.05, 3.63) is 76.3 Å². The van der Waals surface area contributed by atoms with Gasteiger partial charge in [-0.1, -0.05) is 63.4 Å². The molecule has 0 aliphatic heterocycles. The fourth-order valence-corrected chi connectivity index (χ4v) is 4.80. The number of unbranched alkanes of at least 4 members (excludes halogenated alkanes) is 2. The first kappa shape index (κ1) is 24.5. The van der Waals surface area contributed by atoms with E-state index in [-0.39, 0.29) is 17.5 Å². The molecule has 2 amide bonds. The molecule has 1 atom stereocenters. The highest BCUT2D eigenvalue weighted by Gasteiger charge is 2.23. The lowest BCUT2D eigenvalue weighted by Crippen LogP contribution is -2.16. The van der Waals surface area contributed by atoms with Gasteiger partial charge in [0, 0.05) is 10.4 Å². The van der Waals surface area contributed by atoms with Gasteiger partial charge in [-0.15, -0.1) is 11.3 Å². The lowest BCUT2D eigenvalue weighted by Gasteiger charge is -2.13. The summed E-state index contributed by atoms with van der Waals surface area (Å²) in [5, 5.41) is 3.21. The molecule has 0 saturated carbocycles. The summed E-state index contributed by atoms with van der Waals surface area (Å²) in [5.74, 6) is 0.0413. The van der Waals surface area contributed by atoms with Gasteiger partial charge in [0.05, 0.1) is 0 Å². The third-order valence-electron chi connectivity index (χ3n) is 5.49. The minimum Gasteiger partial charge on any atom is -0.489 e. The zero-order valence-electron chi connectivity index (χ0n) is 19.2. The summed E-state index contributed by atoms with van der Waals surface area (Å²) in [6, 6.07) is 16.8. The predicted octanol–water partition coefficient (Wildman–Crippen LogP) is 6.15. The number of aromatic nitrogens is 1. The summed E-state index contributed by atoms with van der Waals surface area (Å²) in [5.41, 5.74) is 7.40. The molecule has 1 unspecified atom stereocenters. The van der Waals surface area contributed by atoms with Crippen LogP contribution in [0.4, 0.5) is 5.13 Å². The number of amides is 2. The molecule has 3 N–H and O–H groups in total. The van der Waals surface area contributed by atoms with Gasteiger partial charge in [-0.25, -0.2) is 4.98 Å². The van der Waals surface area contributed by atoms with Gasteiger partial charge >= 0.3 is 0 Å². The molecule has 0 aliphatic rings. The van der Waals surface area contributed by atoms with E-state index in [0.29, 0.717) is 23.1 Å². The Morgan fingerprint density at radius 1 is 1.06 bits per heavy atom. The predicted molar refractivity (Wildman–Crippen MR) is 133 cm³/mol. The summed E-state index contributed by atoms with van der Waals surface area (Å²) < 4.78 is 5.78. The van der Waals surface area contributed by atoms with E-state index in [0.717, 1.165) is 42.5 Å². The number of nitrogens with one attached hydrogen (secondary N) is 1. The van der Waals surface area contributed by atoms with Crippen molar-refractivity contribution >= 4 is 28.3 Å². The molecule has 3 rings (SSSR count). The first-order chi connectivity index (χ1) is 16.0. The maximum atomic E-state index is 12.7. The number of benzene rings is 2. The molecule has 6 nitrogen and oxygen atoms in total. The van der Waals surface area contributed by atoms with Crippen molar-refractivity contribution in [2.75, 3.05) is 5.32 Å². The van der Waals surface area contributed by atoms with Crippen molar-refractivity contribution < 1.29 is 14.3 Å². The fourth-order valence-electron chi connectivity index (χ4n) is 3.61. The van der Waals surface area contributed by atoms with E-state index >= 15 is 0 Å². The Morgan fingerprint density at radius 2 is 1.79 bits per heavy atom. The summed E-state index contributed by atoms with van der Waals surface area (Å²) in [4.78, 5) is 29.9. The normalized spacial score (nSPS) is 11.7. The molecule has 0 spiro atoms. The zero-order chi connectivity index (χ0) is 23.6. The standard InChI is InChI=1S/C26H31N3O3S/c1-3-5-7-12-19(4-2)23-22(24(27)30)28-26(33-23)29-25(31)20-13-15-21(16-14-20)32-17-18-10-8-6-9-11-18/h6,8-11,13-16,19H,3-5,7,12,17H2,1-2H3,(H2,27,30)(H,28,29,31). The molecule has 0 bridgehead atoms. The number of primary amides is 1. The first-order valence-electron chi connectivity index (χ1n) is 11.4. The van der Waals surface area contributed by atoms with Crippen molar-refractivity contribution in [3.63, 3.8) is 0 Å². The number of anilines is 1. The monoisotopic (exact) mass is 465 g/mol. The number of hydrogen-bond donors (Lipinski definition) is 2. The summed E-state index contributed by atoms with van der Waals surface area (Å²) in [6.45, 7) is 4.72. The van der Waals surface area contributed by atoms with Gasteiger partial charge in [0.25, 0.3) is 11.8 Å². The number of carbonyl (C=O) groups excluding carboxylic acids is 2. The van der Waals surface area contributed by atoms with Crippen LogP contribution in [0.25, 0.3) is 0 Å². The molecule has 33 heavy (non-hydrogen) atoms. The van der Waals surface area contributed by atoms with E-state index in [4.69, 9.17) is 10.5 Å². The third kappa shape index (κ3) is 6.89. The topological polar surface area (TPSA) is 94.3 Å². The van der Waals surface area contributed by atoms with Crippen LogP contribution in [-0.4, -0.2) is 16.8 Å². The highest BCUT2D eigenvalue weighted by molar-refractivity contribution is 7.16. The summed E-state index contributed by atoms with van der Waals surface area (Å²) in [6.07, 6.45) is 5.25. The van der Waals surface area contributed by atoms with E-state index < -0.39 is 5.91 Å². The Morgan fingerprint density at radius 3 is 2.42 bits per heavy atom. The smallest absolute Gasteiger partial charge is 0.268 e. The van der Waals surface area contributed by atoms with Crippen LogP contribution >= 0.6 is 11.3 Å². The van der Waals surface area contributed by atoms with Crippen molar-refractivity contribution in [1.82, 2.24) is 4.98 Å². The van der Waals surface area contributed by atoms with Gasteiger partial charge < -0.3 is 10.5 Å². The zero-order valence-corrected chi connectivity index (χ0v) is 20.0. The average molecular weight is 466 g/mol. The number of rotatable bonds is 12. The summed E-state index contributed by atoms with van der Waals surface area (Å²) >= 11 is 1.34. The number of carbonyl (C=O) groups is 2. The Kier molecular flexibility index (Phi) is 9.01. The largest absolute Gasteiger partial charge is 0.489 e. The van der Waals surface area contributed by atoms with Crippen LogP contribution in [-0.2, 0) is 6.61 Å². The van der Waals surface area contributed by atoms with E-state index in [1.807, 2.05) is 30.3 Å². The minimum atomic E-state index is -0.560. The quantitative estimate of drug-likeness (QED) is 0.314. The van der Waals surface area contributed by atoms with Gasteiger partial charge in [-0.2, -0.15) is 0 Å². The van der Waals surface area contributed by atoms with Gasteiger partial charge in [0.2, 0.25) is 0 Å². The van der Waals surface area contributed by atoms with Crippen LogP contribution in [0.2, 0.25) is 0 Å². The van der Waals surface area contributed by atoms with Crippen LogP contribution in [0.3, 0.4) is 0 Å². The number of nitrogens with two attached hydrogens (primary N) is 1. The molecule has 0 radical (unpaired) electrons. The fraction of sp³-hybridized carbons (Fsp3) is 0.346. The molecule has 174 valence electrons. The maximum absolute atomic E-state index is 12.7. The van der Waals surface area contributed by atoms with E-state index in [9.17, 15) is 9.59 Å². The van der Waals surface area contributed by atoms with E-state index in [1.165, 1.54) is 11.3 Å². The number of thiazole rings is 1. The first-order valence-corrected chi connectivity index (χ1v) is 12.2.